The Hall–Kier alpha value is -2.51. The summed E-state index contributed by atoms with van der Waals surface area (Å²) in [7, 11) is 0. The third-order valence-corrected chi connectivity index (χ3v) is 5.29. The van der Waals surface area contributed by atoms with Crippen molar-refractivity contribution < 1.29 is 9.32 Å². The molecule has 1 unspecified atom stereocenters. The quantitative estimate of drug-likeness (QED) is 0.687. The standard InChI is InChI=1S/C21H25N5O2.ClH/c1-2-19-18-12-15(13-24-20(18)28-25-19)21(27)26(14-16-6-3-4-10-23-16)17-7-5-9-22-11-8-17;/h3-4,6,10,12-13,17,22H,2,5,7-9,11,14H2,1H3;1H. The maximum absolute atomic E-state index is 13.5. The molecular formula is C21H26ClN5O2. The molecule has 4 rings (SSSR count). The number of aromatic nitrogens is 3. The fourth-order valence-corrected chi connectivity index (χ4v) is 3.76. The van der Waals surface area contributed by atoms with Gasteiger partial charge < -0.3 is 14.7 Å². The molecule has 1 aliphatic rings. The van der Waals surface area contributed by atoms with Crippen LogP contribution in [0.3, 0.4) is 0 Å². The second-order valence-electron chi connectivity index (χ2n) is 7.15. The number of carbonyl (C=O) groups is 1. The second-order valence-corrected chi connectivity index (χ2v) is 7.15. The number of aryl methyl sites for hydroxylation is 1. The van der Waals surface area contributed by atoms with E-state index in [0.717, 1.165) is 55.5 Å². The molecule has 1 amide bonds. The summed E-state index contributed by atoms with van der Waals surface area (Å²) in [6.07, 6.45) is 7.06. The average molecular weight is 416 g/mol. The first-order valence-electron chi connectivity index (χ1n) is 9.92. The van der Waals surface area contributed by atoms with Gasteiger partial charge in [-0.05, 0) is 57.0 Å². The molecule has 1 N–H and O–H groups in total. The van der Waals surface area contributed by atoms with E-state index in [0.29, 0.717) is 17.8 Å². The van der Waals surface area contributed by atoms with Crippen molar-refractivity contribution in [2.24, 2.45) is 0 Å². The lowest BCUT2D eigenvalue weighted by atomic mass is 10.0. The first-order chi connectivity index (χ1) is 13.8. The van der Waals surface area contributed by atoms with Gasteiger partial charge in [0.2, 0.25) is 0 Å². The number of halogens is 1. The molecule has 3 aromatic rings. The number of nitrogens with zero attached hydrogens (tertiary/aromatic N) is 4. The van der Waals surface area contributed by atoms with E-state index in [1.807, 2.05) is 36.1 Å². The van der Waals surface area contributed by atoms with Crippen LogP contribution in [0.25, 0.3) is 11.1 Å². The summed E-state index contributed by atoms with van der Waals surface area (Å²) in [5.41, 5.74) is 2.76. The van der Waals surface area contributed by atoms with Crippen molar-refractivity contribution in [2.75, 3.05) is 13.1 Å². The van der Waals surface area contributed by atoms with Crippen molar-refractivity contribution >= 4 is 29.4 Å². The number of hydrogen-bond acceptors (Lipinski definition) is 6. The highest BCUT2D eigenvalue weighted by Crippen LogP contribution is 2.23. The molecule has 1 atom stereocenters. The van der Waals surface area contributed by atoms with Crippen LogP contribution in [0.2, 0.25) is 0 Å². The maximum Gasteiger partial charge on any atom is 0.257 e. The van der Waals surface area contributed by atoms with Crippen LogP contribution >= 0.6 is 12.4 Å². The second kappa shape index (κ2) is 9.80. The third kappa shape index (κ3) is 4.74. The summed E-state index contributed by atoms with van der Waals surface area (Å²) in [5, 5.41) is 8.29. The van der Waals surface area contributed by atoms with Crippen LogP contribution in [0.1, 0.15) is 47.9 Å². The Morgan fingerprint density at radius 2 is 2.17 bits per heavy atom. The minimum Gasteiger partial charge on any atom is -0.336 e. The van der Waals surface area contributed by atoms with Gasteiger partial charge in [0.05, 0.1) is 28.9 Å². The van der Waals surface area contributed by atoms with E-state index in [4.69, 9.17) is 4.52 Å². The first-order valence-corrected chi connectivity index (χ1v) is 9.92. The van der Waals surface area contributed by atoms with E-state index in [1.54, 1.807) is 12.4 Å². The highest BCUT2D eigenvalue weighted by atomic mass is 35.5. The smallest absolute Gasteiger partial charge is 0.257 e. The molecular weight excluding hydrogens is 390 g/mol. The summed E-state index contributed by atoms with van der Waals surface area (Å²) in [6.45, 7) is 4.42. The summed E-state index contributed by atoms with van der Waals surface area (Å²) >= 11 is 0. The summed E-state index contributed by atoms with van der Waals surface area (Å²) in [4.78, 5) is 24.2. The largest absolute Gasteiger partial charge is 0.336 e. The van der Waals surface area contributed by atoms with Gasteiger partial charge in [0, 0.05) is 18.4 Å². The van der Waals surface area contributed by atoms with Crippen molar-refractivity contribution in [3.63, 3.8) is 0 Å². The highest BCUT2D eigenvalue weighted by molar-refractivity contribution is 5.97. The lowest BCUT2D eigenvalue weighted by Gasteiger charge is -2.31. The Bertz CT molecular complexity index is 939. The van der Waals surface area contributed by atoms with Crippen LogP contribution in [0.4, 0.5) is 0 Å². The topological polar surface area (TPSA) is 84.2 Å². The molecule has 0 radical (unpaired) electrons. The lowest BCUT2D eigenvalue weighted by molar-refractivity contribution is 0.0642. The Kier molecular flexibility index (Phi) is 7.17. The number of carbonyl (C=O) groups excluding carboxylic acids is 1. The lowest BCUT2D eigenvalue weighted by Crippen LogP contribution is -2.40. The van der Waals surface area contributed by atoms with Crippen molar-refractivity contribution in [3.05, 3.63) is 53.6 Å². The Balaban J connectivity index is 0.00000240. The van der Waals surface area contributed by atoms with Gasteiger partial charge in [-0.3, -0.25) is 9.78 Å². The van der Waals surface area contributed by atoms with Crippen molar-refractivity contribution in [2.45, 2.75) is 45.2 Å². The van der Waals surface area contributed by atoms with Crippen LogP contribution in [0.15, 0.2) is 41.2 Å². The highest BCUT2D eigenvalue weighted by Gasteiger charge is 2.27. The molecule has 4 heterocycles. The minimum atomic E-state index is -0.0183. The van der Waals surface area contributed by atoms with E-state index >= 15 is 0 Å². The van der Waals surface area contributed by atoms with Crippen molar-refractivity contribution in [1.82, 2.24) is 25.3 Å². The van der Waals surface area contributed by atoms with E-state index in [-0.39, 0.29) is 24.4 Å². The van der Waals surface area contributed by atoms with E-state index in [2.05, 4.69) is 20.4 Å². The molecule has 0 bridgehead atoms. The Morgan fingerprint density at radius 3 is 2.97 bits per heavy atom. The molecule has 3 aromatic heterocycles. The number of fused-ring (bicyclic) bond motifs is 1. The summed E-state index contributed by atoms with van der Waals surface area (Å²) in [6, 6.07) is 7.85. The molecule has 0 aromatic carbocycles. The summed E-state index contributed by atoms with van der Waals surface area (Å²) in [5.74, 6) is -0.0183. The number of hydrogen-bond donors (Lipinski definition) is 1. The van der Waals surface area contributed by atoms with Gasteiger partial charge in [0.1, 0.15) is 0 Å². The zero-order valence-electron chi connectivity index (χ0n) is 16.5. The van der Waals surface area contributed by atoms with Gasteiger partial charge >= 0.3 is 0 Å². The molecule has 1 saturated heterocycles. The molecule has 1 fully saturated rings. The van der Waals surface area contributed by atoms with Gasteiger partial charge in [0.15, 0.2) is 0 Å². The van der Waals surface area contributed by atoms with Crippen LogP contribution in [0.5, 0.6) is 0 Å². The average Bonchev–Trinajstić information content (AvgIpc) is 2.96. The number of amides is 1. The van der Waals surface area contributed by atoms with Crippen LogP contribution in [0, 0.1) is 0 Å². The molecule has 1 aliphatic heterocycles. The number of nitrogens with one attached hydrogen (secondary N) is 1. The van der Waals surface area contributed by atoms with Gasteiger partial charge in [-0.1, -0.05) is 18.1 Å². The minimum absolute atomic E-state index is 0. The fourth-order valence-electron chi connectivity index (χ4n) is 3.76. The maximum atomic E-state index is 13.5. The van der Waals surface area contributed by atoms with Gasteiger partial charge in [-0.25, -0.2) is 4.98 Å². The van der Waals surface area contributed by atoms with Crippen LogP contribution in [-0.4, -0.2) is 45.1 Å². The van der Waals surface area contributed by atoms with E-state index in [1.165, 1.54) is 0 Å². The zero-order valence-corrected chi connectivity index (χ0v) is 17.3. The molecule has 7 nitrogen and oxygen atoms in total. The number of pyridine rings is 2. The normalized spacial score (nSPS) is 16.8. The van der Waals surface area contributed by atoms with Crippen molar-refractivity contribution in [1.29, 1.82) is 0 Å². The van der Waals surface area contributed by atoms with E-state index in [9.17, 15) is 4.79 Å². The molecule has 0 saturated carbocycles. The Labute approximate surface area is 176 Å². The van der Waals surface area contributed by atoms with Crippen molar-refractivity contribution in [3.8, 4) is 0 Å². The molecule has 0 spiro atoms. The molecule has 29 heavy (non-hydrogen) atoms. The fraction of sp³-hybridized carbons (Fsp3) is 0.429. The summed E-state index contributed by atoms with van der Waals surface area (Å²) < 4.78 is 5.26. The van der Waals surface area contributed by atoms with Crippen LogP contribution < -0.4 is 5.32 Å². The SMILES string of the molecule is CCc1noc2ncc(C(=O)N(Cc3ccccn3)C3CCCNCC3)cc12.Cl. The predicted octanol–water partition coefficient (Wildman–Crippen LogP) is 3.39. The van der Waals surface area contributed by atoms with E-state index < -0.39 is 0 Å². The molecule has 154 valence electrons. The zero-order chi connectivity index (χ0) is 19.3. The van der Waals surface area contributed by atoms with Gasteiger partial charge in [0.25, 0.3) is 11.6 Å². The number of rotatable bonds is 5. The van der Waals surface area contributed by atoms with Gasteiger partial charge in [-0.2, -0.15) is 0 Å². The van der Waals surface area contributed by atoms with Crippen LogP contribution in [-0.2, 0) is 13.0 Å². The monoisotopic (exact) mass is 415 g/mol. The van der Waals surface area contributed by atoms with Gasteiger partial charge in [-0.15, -0.1) is 12.4 Å². The predicted molar refractivity (Wildman–Crippen MR) is 113 cm³/mol. The molecule has 0 aliphatic carbocycles. The first kappa shape index (κ1) is 21.2. The molecule has 8 heteroatoms. The Morgan fingerprint density at radius 1 is 1.28 bits per heavy atom. The third-order valence-electron chi connectivity index (χ3n) is 5.29.